The summed E-state index contributed by atoms with van der Waals surface area (Å²) >= 11 is 0. The Morgan fingerprint density at radius 1 is 0.382 bits per heavy atom. The number of ether oxygens (including phenoxy) is 2. The highest BCUT2D eigenvalue weighted by Crippen LogP contribution is 2.60. The standard InChI is InChI=1S/C44H45NO8P2/c1-42(2,34-26-30-37(31-27-34)48-43(3,4)54(46,50-38-20-12-7-13-21-38)51-39-22-14-8-15-23-39)35-28-32-41(33-29-35)53-55(47,52-40-24-16-9-17-25-40)44(5,45)49-36-18-10-6-11-19-36/h6-33H,45H2,1-5H3. The Labute approximate surface area is 323 Å². The summed E-state index contributed by atoms with van der Waals surface area (Å²) in [4.78, 5) is 0. The largest absolute Gasteiger partial charge is 0.489 e. The molecule has 0 amide bonds. The molecular weight excluding hydrogens is 732 g/mol. The second kappa shape index (κ2) is 16.1. The third-order valence-corrected chi connectivity index (χ3v) is 13.3. The maximum atomic E-state index is 14.5. The second-order valence-electron chi connectivity index (χ2n) is 14.0. The molecule has 2 unspecified atom stereocenters. The molecule has 2 atom stereocenters. The van der Waals surface area contributed by atoms with Crippen molar-refractivity contribution < 1.29 is 36.7 Å². The van der Waals surface area contributed by atoms with Crippen molar-refractivity contribution in [2.75, 3.05) is 0 Å². The third kappa shape index (κ3) is 9.26. The molecule has 0 aliphatic rings. The monoisotopic (exact) mass is 777 g/mol. The lowest BCUT2D eigenvalue weighted by Gasteiger charge is -2.34. The van der Waals surface area contributed by atoms with Gasteiger partial charge in [0.25, 0.3) is 5.47 Å². The van der Waals surface area contributed by atoms with Crippen LogP contribution < -0.4 is 33.3 Å². The van der Waals surface area contributed by atoms with E-state index in [9.17, 15) is 9.13 Å². The van der Waals surface area contributed by atoms with Gasteiger partial charge in [-0.05, 0) is 97.8 Å². The molecule has 0 aliphatic heterocycles. The second-order valence-corrected chi connectivity index (χ2v) is 18.7. The lowest BCUT2D eigenvalue weighted by atomic mass is 9.78. The summed E-state index contributed by atoms with van der Waals surface area (Å²) in [7, 11) is -8.19. The minimum Gasteiger partial charge on any atom is -0.473 e. The van der Waals surface area contributed by atoms with Crippen molar-refractivity contribution >= 4 is 15.2 Å². The summed E-state index contributed by atoms with van der Waals surface area (Å²) < 4.78 is 65.6. The van der Waals surface area contributed by atoms with Gasteiger partial charge in [-0.15, -0.1) is 0 Å². The van der Waals surface area contributed by atoms with Crippen LogP contribution in [0.25, 0.3) is 0 Å². The van der Waals surface area contributed by atoms with Gasteiger partial charge < -0.3 is 27.6 Å². The molecule has 0 aromatic heterocycles. The summed E-state index contributed by atoms with van der Waals surface area (Å²) in [6, 6.07) is 50.2. The average Bonchev–Trinajstić information content (AvgIpc) is 3.16. The number of para-hydroxylation sites is 4. The van der Waals surface area contributed by atoms with Gasteiger partial charge in [-0.2, -0.15) is 0 Å². The highest BCUT2D eigenvalue weighted by Gasteiger charge is 2.51. The zero-order valence-corrected chi connectivity index (χ0v) is 33.2. The first kappa shape index (κ1) is 39.2. The lowest BCUT2D eigenvalue weighted by molar-refractivity contribution is 0.145. The third-order valence-electron chi connectivity index (χ3n) is 8.92. The van der Waals surface area contributed by atoms with Crippen LogP contribution in [0.15, 0.2) is 170 Å². The van der Waals surface area contributed by atoms with E-state index in [2.05, 4.69) is 13.8 Å². The van der Waals surface area contributed by atoms with Crippen LogP contribution in [-0.4, -0.2) is 10.8 Å². The number of benzene rings is 6. The normalized spacial score (nSPS) is 14.1. The van der Waals surface area contributed by atoms with Crippen LogP contribution in [0.4, 0.5) is 0 Å². The van der Waals surface area contributed by atoms with E-state index in [4.69, 9.17) is 33.3 Å². The van der Waals surface area contributed by atoms with Crippen molar-refractivity contribution in [3.8, 4) is 34.5 Å². The fourth-order valence-electron chi connectivity index (χ4n) is 5.60. The van der Waals surface area contributed by atoms with Gasteiger partial charge in [-0.25, -0.2) is 9.13 Å². The summed E-state index contributed by atoms with van der Waals surface area (Å²) in [5.74, 6) is 2.31. The Morgan fingerprint density at radius 3 is 1.05 bits per heavy atom. The first-order valence-corrected chi connectivity index (χ1v) is 20.8. The molecule has 0 spiro atoms. The van der Waals surface area contributed by atoms with Crippen molar-refractivity contribution in [1.82, 2.24) is 0 Å². The number of hydrogen-bond acceptors (Lipinski definition) is 9. The van der Waals surface area contributed by atoms with Crippen molar-refractivity contribution in [3.63, 3.8) is 0 Å². The smallest absolute Gasteiger partial charge is 0.473 e. The van der Waals surface area contributed by atoms with Crippen LogP contribution in [-0.2, 0) is 14.5 Å². The lowest BCUT2D eigenvalue weighted by Crippen LogP contribution is -2.45. The molecule has 0 radical (unpaired) electrons. The van der Waals surface area contributed by atoms with Gasteiger partial charge in [-0.1, -0.05) is 111 Å². The molecule has 0 fully saturated rings. The van der Waals surface area contributed by atoms with Gasteiger partial charge in [0.05, 0.1) is 0 Å². The SMILES string of the molecule is CC(C)(c1ccc(OC(C)(C)P(=O)(Oc2ccccc2)Oc2ccccc2)cc1)c1ccc(OP(=O)(Oc2ccccc2)C(C)(N)Oc2ccccc2)cc1. The van der Waals surface area contributed by atoms with Crippen LogP contribution in [0.5, 0.6) is 34.5 Å². The fraction of sp³-hybridized carbons (Fsp3) is 0.182. The minimum atomic E-state index is -4.22. The molecule has 55 heavy (non-hydrogen) atoms. The van der Waals surface area contributed by atoms with E-state index in [1.54, 1.807) is 123 Å². The molecule has 2 N–H and O–H groups in total. The topological polar surface area (TPSA) is 116 Å². The first-order valence-electron chi connectivity index (χ1n) is 17.7. The summed E-state index contributed by atoms with van der Waals surface area (Å²) in [5.41, 5.74) is 6.18. The van der Waals surface area contributed by atoms with Crippen molar-refractivity contribution in [2.45, 2.75) is 50.8 Å². The Balaban J connectivity index is 1.20. The van der Waals surface area contributed by atoms with Gasteiger partial charge in [0.15, 0.2) is 0 Å². The van der Waals surface area contributed by atoms with Gasteiger partial charge in [0.2, 0.25) is 5.34 Å². The van der Waals surface area contributed by atoms with Crippen LogP contribution in [0.1, 0.15) is 45.7 Å². The van der Waals surface area contributed by atoms with Gasteiger partial charge in [0, 0.05) is 12.3 Å². The van der Waals surface area contributed by atoms with E-state index in [0.717, 1.165) is 11.1 Å². The molecule has 6 rings (SSSR count). The van der Waals surface area contributed by atoms with Crippen LogP contribution >= 0.6 is 15.2 Å². The summed E-state index contributed by atoms with van der Waals surface area (Å²) in [6.07, 6.45) is 0. The Kier molecular flexibility index (Phi) is 11.5. The minimum absolute atomic E-state index is 0.290. The van der Waals surface area contributed by atoms with Gasteiger partial charge in [-0.3, -0.25) is 5.73 Å². The van der Waals surface area contributed by atoms with Crippen LogP contribution in [0, 0.1) is 0 Å². The molecule has 0 aliphatic carbocycles. The average molecular weight is 778 g/mol. The molecule has 11 heteroatoms. The molecule has 284 valence electrons. The first-order chi connectivity index (χ1) is 26.2. The number of rotatable bonds is 16. The molecule has 6 aromatic carbocycles. The van der Waals surface area contributed by atoms with E-state index in [1.165, 1.54) is 6.92 Å². The highest BCUT2D eigenvalue weighted by molar-refractivity contribution is 7.56. The maximum absolute atomic E-state index is 14.5. The Hall–Kier alpha value is -5.46. The van der Waals surface area contributed by atoms with Crippen LogP contribution in [0.2, 0.25) is 0 Å². The molecule has 9 nitrogen and oxygen atoms in total. The molecular formula is C44H45NO8P2. The predicted octanol–water partition coefficient (Wildman–Crippen LogP) is 11.8. The molecule has 0 heterocycles. The zero-order chi connectivity index (χ0) is 39.2. The van der Waals surface area contributed by atoms with Crippen molar-refractivity contribution in [1.29, 1.82) is 0 Å². The van der Waals surface area contributed by atoms with Crippen molar-refractivity contribution in [3.05, 3.63) is 181 Å². The van der Waals surface area contributed by atoms with Gasteiger partial charge in [0.1, 0.15) is 34.5 Å². The fourth-order valence-corrected chi connectivity index (χ4v) is 8.51. The van der Waals surface area contributed by atoms with E-state index in [1.807, 2.05) is 60.7 Å². The van der Waals surface area contributed by atoms with Gasteiger partial charge >= 0.3 is 15.2 Å². The highest BCUT2D eigenvalue weighted by atomic mass is 31.2. The molecule has 6 aromatic rings. The quantitative estimate of drug-likeness (QED) is 0.0757. The molecule has 0 bridgehead atoms. The van der Waals surface area contributed by atoms with Crippen molar-refractivity contribution in [2.24, 2.45) is 5.73 Å². The molecule has 0 saturated carbocycles. The number of hydrogen-bond donors (Lipinski definition) is 1. The van der Waals surface area contributed by atoms with Crippen LogP contribution in [0.3, 0.4) is 0 Å². The number of nitrogens with two attached hydrogens (primary N) is 1. The zero-order valence-electron chi connectivity index (χ0n) is 31.4. The summed E-state index contributed by atoms with van der Waals surface area (Å²) in [6.45, 7) is 9.03. The summed E-state index contributed by atoms with van der Waals surface area (Å²) in [5, 5.41) is -1.39. The van der Waals surface area contributed by atoms with E-state index in [-0.39, 0.29) is 5.75 Å². The Morgan fingerprint density at radius 2 is 0.673 bits per heavy atom. The maximum Gasteiger partial charge on any atom is 0.489 e. The Bertz CT molecular complexity index is 2190. The molecule has 0 saturated heterocycles. The predicted molar refractivity (Wildman–Crippen MR) is 216 cm³/mol. The van der Waals surface area contributed by atoms with E-state index >= 15 is 0 Å². The van der Waals surface area contributed by atoms with E-state index < -0.39 is 31.4 Å². The van der Waals surface area contributed by atoms with E-state index in [0.29, 0.717) is 28.7 Å².